The highest BCUT2D eigenvalue weighted by Crippen LogP contribution is 2.35. The highest BCUT2D eigenvalue weighted by molar-refractivity contribution is 5.53. The van der Waals surface area contributed by atoms with Gasteiger partial charge in [0.05, 0.1) is 5.92 Å². The summed E-state index contributed by atoms with van der Waals surface area (Å²) in [7, 11) is 1.87. The quantitative estimate of drug-likeness (QED) is 0.909. The molecule has 0 aliphatic carbocycles. The Labute approximate surface area is 111 Å². The highest BCUT2D eigenvalue weighted by atomic mass is 19.4. The average molecular weight is 272 g/mol. The van der Waals surface area contributed by atoms with Gasteiger partial charge in [-0.2, -0.15) is 13.2 Å². The summed E-state index contributed by atoms with van der Waals surface area (Å²) in [6.45, 7) is 1.69. The molecular weight excluding hydrogens is 253 g/mol. The van der Waals surface area contributed by atoms with Gasteiger partial charge in [-0.05, 0) is 31.5 Å². The Hall–Kier alpha value is -1.23. The largest absolute Gasteiger partial charge is 0.391 e. The van der Waals surface area contributed by atoms with Crippen molar-refractivity contribution in [1.29, 1.82) is 0 Å². The van der Waals surface area contributed by atoms with Crippen molar-refractivity contribution >= 4 is 5.69 Å². The molecule has 0 saturated carbocycles. The van der Waals surface area contributed by atoms with E-state index < -0.39 is 12.1 Å². The van der Waals surface area contributed by atoms with E-state index in [2.05, 4.69) is 10.2 Å². The number of para-hydroxylation sites is 1. The van der Waals surface area contributed by atoms with E-state index in [0.717, 1.165) is 17.8 Å². The van der Waals surface area contributed by atoms with E-state index in [1.165, 1.54) is 0 Å². The third-order valence-electron chi connectivity index (χ3n) is 3.66. The maximum absolute atomic E-state index is 12.6. The van der Waals surface area contributed by atoms with Gasteiger partial charge in [0.25, 0.3) is 0 Å². The Balaban J connectivity index is 2.05. The third-order valence-corrected chi connectivity index (χ3v) is 3.66. The molecule has 1 aliphatic heterocycles. The van der Waals surface area contributed by atoms with E-state index in [9.17, 15) is 13.2 Å². The number of alkyl halides is 3. The van der Waals surface area contributed by atoms with Gasteiger partial charge in [0.2, 0.25) is 0 Å². The van der Waals surface area contributed by atoms with Crippen LogP contribution in [0.3, 0.4) is 0 Å². The number of hydrogen-bond acceptors (Lipinski definition) is 2. The molecule has 0 bridgehead atoms. The zero-order valence-corrected chi connectivity index (χ0v) is 11.0. The van der Waals surface area contributed by atoms with Crippen LogP contribution in [-0.2, 0) is 6.54 Å². The molecule has 1 heterocycles. The fourth-order valence-electron chi connectivity index (χ4n) is 2.61. The topological polar surface area (TPSA) is 15.3 Å². The molecule has 19 heavy (non-hydrogen) atoms. The van der Waals surface area contributed by atoms with Crippen LogP contribution >= 0.6 is 0 Å². The lowest BCUT2D eigenvalue weighted by atomic mass is 9.95. The van der Waals surface area contributed by atoms with Gasteiger partial charge in [-0.3, -0.25) is 0 Å². The van der Waals surface area contributed by atoms with Crippen LogP contribution in [0.1, 0.15) is 18.4 Å². The number of rotatable bonds is 3. The van der Waals surface area contributed by atoms with Crippen molar-refractivity contribution in [2.24, 2.45) is 5.92 Å². The molecule has 0 aromatic heterocycles. The summed E-state index contributed by atoms with van der Waals surface area (Å²) in [4.78, 5) is 2.06. The Kier molecular flexibility index (Phi) is 4.34. The van der Waals surface area contributed by atoms with Gasteiger partial charge in [0.1, 0.15) is 0 Å². The first kappa shape index (κ1) is 14.2. The average Bonchev–Trinajstić information content (AvgIpc) is 2.39. The summed E-state index contributed by atoms with van der Waals surface area (Å²) in [5.74, 6) is -1.14. The molecule has 1 aliphatic rings. The summed E-state index contributed by atoms with van der Waals surface area (Å²) in [6, 6.07) is 7.89. The van der Waals surface area contributed by atoms with Crippen LogP contribution in [0.5, 0.6) is 0 Å². The minimum atomic E-state index is -4.05. The minimum absolute atomic E-state index is 0.192. The molecule has 0 atom stereocenters. The maximum Gasteiger partial charge on any atom is 0.391 e. The second-order valence-electron chi connectivity index (χ2n) is 4.96. The smallest absolute Gasteiger partial charge is 0.371 e. The Morgan fingerprint density at radius 3 is 2.42 bits per heavy atom. The van der Waals surface area contributed by atoms with Crippen LogP contribution in [0, 0.1) is 5.92 Å². The predicted molar refractivity (Wildman–Crippen MR) is 70.2 cm³/mol. The number of halogens is 3. The Morgan fingerprint density at radius 1 is 1.21 bits per heavy atom. The summed E-state index contributed by atoms with van der Waals surface area (Å²) in [5.41, 5.74) is 2.19. The molecule has 0 spiro atoms. The number of benzene rings is 1. The zero-order chi connectivity index (χ0) is 13.9. The van der Waals surface area contributed by atoms with Gasteiger partial charge >= 0.3 is 6.18 Å². The molecule has 1 aromatic rings. The van der Waals surface area contributed by atoms with Gasteiger partial charge in [0, 0.05) is 25.3 Å². The van der Waals surface area contributed by atoms with Crippen molar-refractivity contribution in [3.05, 3.63) is 29.8 Å². The molecule has 1 fully saturated rings. The monoisotopic (exact) mass is 272 g/mol. The zero-order valence-electron chi connectivity index (χ0n) is 11.0. The van der Waals surface area contributed by atoms with Crippen LogP contribution in [-0.4, -0.2) is 26.3 Å². The van der Waals surface area contributed by atoms with Crippen molar-refractivity contribution in [2.75, 3.05) is 25.0 Å². The standard InChI is InChI=1S/C14H19F3N2/c1-18-10-11-4-2-3-5-13(11)19-8-6-12(7-9-19)14(15,16)17/h2-5,12,18H,6-10H2,1H3. The highest BCUT2D eigenvalue weighted by Gasteiger charge is 2.41. The molecule has 0 amide bonds. The number of piperidine rings is 1. The van der Waals surface area contributed by atoms with E-state index in [0.29, 0.717) is 13.1 Å². The molecular formula is C14H19F3N2. The van der Waals surface area contributed by atoms with E-state index in [1.807, 2.05) is 31.3 Å². The maximum atomic E-state index is 12.6. The fourth-order valence-corrected chi connectivity index (χ4v) is 2.61. The van der Waals surface area contributed by atoms with E-state index in [4.69, 9.17) is 0 Å². The predicted octanol–water partition coefficient (Wildman–Crippen LogP) is 3.18. The molecule has 5 heteroatoms. The molecule has 0 unspecified atom stereocenters. The molecule has 2 rings (SSSR count). The van der Waals surface area contributed by atoms with Crippen LogP contribution in [0.25, 0.3) is 0 Å². The van der Waals surface area contributed by atoms with Gasteiger partial charge in [-0.15, -0.1) is 0 Å². The number of nitrogens with zero attached hydrogens (tertiary/aromatic N) is 1. The molecule has 1 aromatic carbocycles. The van der Waals surface area contributed by atoms with Gasteiger partial charge < -0.3 is 10.2 Å². The Morgan fingerprint density at radius 2 is 1.84 bits per heavy atom. The van der Waals surface area contributed by atoms with Crippen molar-refractivity contribution in [1.82, 2.24) is 5.32 Å². The van der Waals surface area contributed by atoms with Crippen LogP contribution in [0.4, 0.5) is 18.9 Å². The SMILES string of the molecule is CNCc1ccccc1N1CCC(C(F)(F)F)CC1. The first-order valence-corrected chi connectivity index (χ1v) is 6.56. The first-order chi connectivity index (χ1) is 9.02. The third kappa shape index (κ3) is 3.41. The molecule has 106 valence electrons. The minimum Gasteiger partial charge on any atom is -0.371 e. The van der Waals surface area contributed by atoms with Gasteiger partial charge in [0.15, 0.2) is 0 Å². The molecule has 1 saturated heterocycles. The van der Waals surface area contributed by atoms with Crippen LogP contribution in [0.15, 0.2) is 24.3 Å². The van der Waals surface area contributed by atoms with Gasteiger partial charge in [-0.1, -0.05) is 18.2 Å². The second kappa shape index (κ2) is 5.82. The molecule has 1 N–H and O–H groups in total. The Bertz CT molecular complexity index is 409. The molecule has 2 nitrogen and oxygen atoms in total. The van der Waals surface area contributed by atoms with Crippen molar-refractivity contribution in [2.45, 2.75) is 25.6 Å². The van der Waals surface area contributed by atoms with Gasteiger partial charge in [-0.25, -0.2) is 0 Å². The second-order valence-corrected chi connectivity index (χ2v) is 4.96. The lowest BCUT2D eigenvalue weighted by molar-refractivity contribution is -0.179. The number of anilines is 1. The first-order valence-electron chi connectivity index (χ1n) is 6.56. The normalized spacial score (nSPS) is 17.8. The summed E-state index contributed by atoms with van der Waals surface area (Å²) >= 11 is 0. The van der Waals surface area contributed by atoms with Crippen LogP contribution in [0.2, 0.25) is 0 Å². The van der Waals surface area contributed by atoms with E-state index >= 15 is 0 Å². The van der Waals surface area contributed by atoms with Crippen molar-refractivity contribution < 1.29 is 13.2 Å². The number of nitrogens with one attached hydrogen (secondary N) is 1. The lowest BCUT2D eigenvalue weighted by Gasteiger charge is -2.35. The number of hydrogen-bond donors (Lipinski definition) is 1. The lowest BCUT2D eigenvalue weighted by Crippen LogP contribution is -2.39. The summed E-state index contributed by atoms with van der Waals surface area (Å²) in [6.07, 6.45) is -3.66. The summed E-state index contributed by atoms with van der Waals surface area (Å²) < 4.78 is 37.9. The fraction of sp³-hybridized carbons (Fsp3) is 0.571. The molecule has 0 radical (unpaired) electrons. The van der Waals surface area contributed by atoms with E-state index in [-0.39, 0.29) is 12.8 Å². The van der Waals surface area contributed by atoms with Crippen LogP contribution < -0.4 is 10.2 Å². The van der Waals surface area contributed by atoms with Crippen molar-refractivity contribution in [3.63, 3.8) is 0 Å². The van der Waals surface area contributed by atoms with Crippen molar-refractivity contribution in [3.8, 4) is 0 Å². The summed E-state index contributed by atoms with van der Waals surface area (Å²) in [5, 5.41) is 3.09. The van der Waals surface area contributed by atoms with E-state index in [1.54, 1.807) is 0 Å².